The summed E-state index contributed by atoms with van der Waals surface area (Å²) in [6.07, 6.45) is 0.113. The maximum atomic E-state index is 12.4. The van der Waals surface area contributed by atoms with Gasteiger partial charge < -0.3 is 14.0 Å². The fourth-order valence-corrected chi connectivity index (χ4v) is 2.84. The Labute approximate surface area is 159 Å². The van der Waals surface area contributed by atoms with Crippen LogP contribution in [-0.2, 0) is 16.1 Å². The van der Waals surface area contributed by atoms with Crippen LogP contribution in [0.1, 0.15) is 47.6 Å². The molecule has 0 bridgehead atoms. The molecule has 0 fully saturated rings. The summed E-state index contributed by atoms with van der Waals surface area (Å²) >= 11 is 0. The van der Waals surface area contributed by atoms with Crippen LogP contribution in [0.5, 0.6) is 5.75 Å². The lowest BCUT2D eigenvalue weighted by Gasteiger charge is -2.14. The summed E-state index contributed by atoms with van der Waals surface area (Å²) in [5, 5.41) is 8.78. The summed E-state index contributed by atoms with van der Waals surface area (Å²) in [6.45, 7) is 8.01. The Morgan fingerprint density at radius 3 is 2.48 bits per heavy atom. The number of carbonyl (C=O) groups excluding carboxylic acids is 2. The first-order valence-electron chi connectivity index (χ1n) is 8.90. The molecule has 1 unspecified atom stereocenters. The van der Waals surface area contributed by atoms with E-state index in [1.165, 1.54) is 0 Å². The molecule has 27 heavy (non-hydrogen) atoms. The zero-order chi connectivity index (χ0) is 20.0. The van der Waals surface area contributed by atoms with E-state index in [9.17, 15) is 9.59 Å². The van der Waals surface area contributed by atoms with Gasteiger partial charge in [0.05, 0.1) is 11.6 Å². The normalized spacial score (nSPS) is 11.5. The van der Waals surface area contributed by atoms with Gasteiger partial charge in [0.25, 0.3) is 0 Å². The van der Waals surface area contributed by atoms with Gasteiger partial charge in [0.1, 0.15) is 5.75 Å². The average molecular weight is 368 g/mol. The molecule has 0 radical (unpaired) electrons. The van der Waals surface area contributed by atoms with Gasteiger partial charge in [-0.1, -0.05) is 6.92 Å². The van der Waals surface area contributed by atoms with Gasteiger partial charge in [0, 0.05) is 23.5 Å². The number of benzene rings is 1. The molecule has 6 heteroatoms. The van der Waals surface area contributed by atoms with Crippen molar-refractivity contribution in [3.63, 3.8) is 0 Å². The molecule has 2 rings (SSSR count). The molecule has 1 aromatic heterocycles. The van der Waals surface area contributed by atoms with Crippen molar-refractivity contribution in [3.05, 3.63) is 52.8 Å². The van der Waals surface area contributed by atoms with Crippen LogP contribution in [0, 0.1) is 25.2 Å². The second-order valence-electron chi connectivity index (χ2n) is 6.36. The first-order chi connectivity index (χ1) is 12.9. The number of nitriles is 1. The number of Topliss-reactive ketones (excluding diaryl/α,β-unsaturated/α-hetero) is 1. The van der Waals surface area contributed by atoms with Crippen molar-refractivity contribution < 1.29 is 19.1 Å². The standard InChI is InChI=1S/C21H24N2O4/c1-5-10-23-14(2)11-19(15(23)3)20(24)13-26-21(25)16(4)27-18-8-6-17(12-22)7-9-18/h6-9,11,16H,5,10,13H2,1-4H3. The molecule has 1 heterocycles. The first-order valence-corrected chi connectivity index (χ1v) is 8.90. The van der Waals surface area contributed by atoms with Crippen LogP contribution in [-0.4, -0.2) is 29.0 Å². The Morgan fingerprint density at radius 2 is 1.89 bits per heavy atom. The van der Waals surface area contributed by atoms with E-state index in [1.807, 2.05) is 26.0 Å². The molecule has 142 valence electrons. The number of carbonyl (C=O) groups is 2. The molecule has 0 saturated heterocycles. The van der Waals surface area contributed by atoms with Gasteiger partial charge in [0.15, 0.2) is 12.7 Å². The number of esters is 1. The van der Waals surface area contributed by atoms with Crippen LogP contribution >= 0.6 is 0 Å². The maximum absolute atomic E-state index is 12.4. The van der Waals surface area contributed by atoms with Crippen LogP contribution in [0.25, 0.3) is 0 Å². The lowest BCUT2D eigenvalue weighted by Crippen LogP contribution is -2.28. The van der Waals surface area contributed by atoms with Crippen LogP contribution < -0.4 is 4.74 Å². The third-order valence-corrected chi connectivity index (χ3v) is 4.29. The van der Waals surface area contributed by atoms with E-state index in [0.717, 1.165) is 24.4 Å². The molecule has 0 N–H and O–H groups in total. The summed E-state index contributed by atoms with van der Waals surface area (Å²) in [6, 6.07) is 10.3. The van der Waals surface area contributed by atoms with Gasteiger partial charge in [-0.25, -0.2) is 4.79 Å². The summed E-state index contributed by atoms with van der Waals surface area (Å²) in [5.41, 5.74) is 2.98. The average Bonchev–Trinajstić information content (AvgIpc) is 2.95. The van der Waals surface area contributed by atoms with E-state index >= 15 is 0 Å². The zero-order valence-corrected chi connectivity index (χ0v) is 16.1. The Kier molecular flexibility index (Phi) is 6.78. The molecule has 1 atom stereocenters. The van der Waals surface area contributed by atoms with Crippen molar-refractivity contribution in [1.29, 1.82) is 5.26 Å². The number of aryl methyl sites for hydroxylation is 1. The van der Waals surface area contributed by atoms with E-state index in [4.69, 9.17) is 14.7 Å². The maximum Gasteiger partial charge on any atom is 0.347 e. The SMILES string of the molecule is CCCn1c(C)cc(C(=O)COC(=O)C(C)Oc2ccc(C#N)cc2)c1C. The predicted molar refractivity (Wildman–Crippen MR) is 101 cm³/mol. The monoisotopic (exact) mass is 368 g/mol. The van der Waals surface area contributed by atoms with Crippen molar-refractivity contribution in [3.8, 4) is 11.8 Å². The molecule has 0 aliphatic rings. The van der Waals surface area contributed by atoms with E-state index in [2.05, 4.69) is 11.5 Å². The Bertz CT molecular complexity index is 860. The second kappa shape index (κ2) is 9.04. The minimum atomic E-state index is -0.863. The van der Waals surface area contributed by atoms with Crippen LogP contribution in [0.4, 0.5) is 0 Å². The molecule has 0 spiro atoms. The molecule has 6 nitrogen and oxygen atoms in total. The minimum absolute atomic E-state index is 0.232. The summed E-state index contributed by atoms with van der Waals surface area (Å²) in [5.74, 6) is -0.396. The number of rotatable bonds is 8. The Balaban J connectivity index is 1.93. The molecule has 0 saturated carbocycles. The number of aromatic nitrogens is 1. The Morgan fingerprint density at radius 1 is 1.22 bits per heavy atom. The number of ether oxygens (including phenoxy) is 2. The number of hydrogen-bond acceptors (Lipinski definition) is 5. The van der Waals surface area contributed by atoms with Crippen molar-refractivity contribution >= 4 is 11.8 Å². The topological polar surface area (TPSA) is 81.3 Å². The highest BCUT2D eigenvalue weighted by Gasteiger charge is 2.20. The number of hydrogen-bond donors (Lipinski definition) is 0. The molecule has 1 aromatic carbocycles. The van der Waals surface area contributed by atoms with Crippen molar-refractivity contribution in [2.75, 3.05) is 6.61 Å². The molecule has 0 aliphatic carbocycles. The van der Waals surface area contributed by atoms with Crippen LogP contribution in [0.3, 0.4) is 0 Å². The lowest BCUT2D eigenvalue weighted by atomic mass is 10.1. The summed E-state index contributed by atoms with van der Waals surface area (Å²) in [7, 11) is 0. The van der Waals surface area contributed by atoms with E-state index in [-0.39, 0.29) is 12.4 Å². The minimum Gasteiger partial charge on any atom is -0.479 e. The molecule has 2 aromatic rings. The van der Waals surface area contributed by atoms with Crippen molar-refractivity contribution in [2.24, 2.45) is 0 Å². The predicted octanol–water partition coefficient (Wildman–Crippen LogP) is 3.58. The molecule has 0 amide bonds. The summed E-state index contributed by atoms with van der Waals surface area (Å²) in [4.78, 5) is 24.5. The van der Waals surface area contributed by atoms with E-state index < -0.39 is 12.1 Å². The van der Waals surface area contributed by atoms with Gasteiger partial charge in [-0.3, -0.25) is 4.79 Å². The van der Waals surface area contributed by atoms with Crippen LogP contribution in [0.2, 0.25) is 0 Å². The highest BCUT2D eigenvalue weighted by atomic mass is 16.6. The van der Waals surface area contributed by atoms with Gasteiger partial charge in [-0.15, -0.1) is 0 Å². The van der Waals surface area contributed by atoms with Crippen molar-refractivity contribution in [1.82, 2.24) is 4.57 Å². The van der Waals surface area contributed by atoms with Gasteiger partial charge in [-0.05, 0) is 57.5 Å². The van der Waals surface area contributed by atoms with E-state index in [1.54, 1.807) is 31.2 Å². The van der Waals surface area contributed by atoms with Crippen molar-refractivity contribution in [2.45, 2.75) is 46.8 Å². The Hall–Kier alpha value is -3.07. The fourth-order valence-electron chi connectivity index (χ4n) is 2.84. The van der Waals surface area contributed by atoms with E-state index in [0.29, 0.717) is 16.9 Å². The smallest absolute Gasteiger partial charge is 0.347 e. The van der Waals surface area contributed by atoms with Gasteiger partial charge in [-0.2, -0.15) is 5.26 Å². The highest BCUT2D eigenvalue weighted by Crippen LogP contribution is 2.17. The number of nitrogens with zero attached hydrogens (tertiary/aromatic N) is 2. The molecule has 0 aliphatic heterocycles. The second-order valence-corrected chi connectivity index (χ2v) is 6.36. The largest absolute Gasteiger partial charge is 0.479 e. The van der Waals surface area contributed by atoms with Gasteiger partial charge in [0.2, 0.25) is 5.78 Å². The first kappa shape index (κ1) is 20.2. The fraction of sp³-hybridized carbons (Fsp3) is 0.381. The van der Waals surface area contributed by atoms with Crippen LogP contribution in [0.15, 0.2) is 30.3 Å². The third kappa shape index (κ3) is 4.98. The molecular weight excluding hydrogens is 344 g/mol. The third-order valence-electron chi connectivity index (χ3n) is 4.29. The number of ketones is 1. The quantitative estimate of drug-likeness (QED) is 0.525. The highest BCUT2D eigenvalue weighted by molar-refractivity contribution is 5.99. The van der Waals surface area contributed by atoms with Gasteiger partial charge >= 0.3 is 5.97 Å². The molecular formula is C21H24N2O4. The summed E-state index contributed by atoms with van der Waals surface area (Å²) < 4.78 is 12.7. The zero-order valence-electron chi connectivity index (χ0n) is 16.1. The lowest BCUT2D eigenvalue weighted by molar-refractivity contribution is -0.149.